The number of aromatic amines is 1. The normalized spacial score (nSPS) is 10.6. The lowest BCUT2D eigenvalue weighted by molar-refractivity contribution is -0.117. The van der Waals surface area contributed by atoms with Gasteiger partial charge in [0.05, 0.1) is 0 Å². The Labute approximate surface area is 160 Å². The van der Waals surface area contributed by atoms with Gasteiger partial charge in [0, 0.05) is 27.6 Å². The number of carbonyl (C=O) groups is 1. The third-order valence-electron chi connectivity index (χ3n) is 4.04. The van der Waals surface area contributed by atoms with Crippen molar-refractivity contribution in [3.05, 3.63) is 86.4 Å². The maximum absolute atomic E-state index is 12.1. The van der Waals surface area contributed by atoms with Crippen LogP contribution in [0.3, 0.4) is 0 Å². The number of nitrogens with one attached hydrogen (secondary N) is 2. The van der Waals surface area contributed by atoms with Gasteiger partial charge in [-0.05, 0) is 61.4 Å². The number of nitrogens with zero attached hydrogens (tertiary/aromatic N) is 1. The first kappa shape index (κ1) is 18.7. The van der Waals surface area contributed by atoms with Crippen LogP contribution < -0.4 is 16.4 Å². The molecule has 1 heterocycles. The molecule has 0 unspecified atom stereocenters. The van der Waals surface area contributed by atoms with Crippen LogP contribution >= 0.6 is 11.8 Å². The summed E-state index contributed by atoms with van der Waals surface area (Å²) in [6.07, 6.45) is 0. The van der Waals surface area contributed by atoms with Crippen LogP contribution in [0, 0.1) is 13.8 Å². The van der Waals surface area contributed by atoms with E-state index in [0.717, 1.165) is 26.6 Å². The molecule has 0 saturated heterocycles. The van der Waals surface area contributed by atoms with Gasteiger partial charge < -0.3 is 5.32 Å². The zero-order valence-electron chi connectivity index (χ0n) is 15.0. The first-order valence-corrected chi connectivity index (χ1v) is 9.17. The summed E-state index contributed by atoms with van der Waals surface area (Å²) in [6, 6.07) is 16.0. The highest BCUT2D eigenvalue weighted by molar-refractivity contribution is 7.99. The number of aryl methyl sites for hydroxylation is 2. The fourth-order valence-electron chi connectivity index (χ4n) is 2.44. The van der Waals surface area contributed by atoms with E-state index in [-0.39, 0.29) is 6.54 Å². The van der Waals surface area contributed by atoms with E-state index >= 15 is 0 Å². The molecule has 0 fully saturated rings. The van der Waals surface area contributed by atoms with Gasteiger partial charge in [0.2, 0.25) is 5.91 Å². The summed E-state index contributed by atoms with van der Waals surface area (Å²) in [5.41, 5.74) is 2.25. The number of carbonyl (C=O) groups excluding carboxylic acids is 1. The van der Waals surface area contributed by atoms with Crippen LogP contribution in [0.1, 0.15) is 11.1 Å². The lowest BCUT2D eigenvalue weighted by Gasteiger charge is -2.08. The van der Waals surface area contributed by atoms with Gasteiger partial charge in [-0.25, -0.2) is 4.68 Å². The average Bonchev–Trinajstić information content (AvgIpc) is 2.63. The molecule has 2 N–H and O–H groups in total. The Morgan fingerprint density at radius 3 is 2.37 bits per heavy atom. The number of hydrogen-bond donors (Lipinski definition) is 2. The van der Waals surface area contributed by atoms with E-state index in [2.05, 4.69) is 42.5 Å². The minimum Gasteiger partial charge on any atom is -0.324 e. The number of benzene rings is 2. The maximum atomic E-state index is 12.1. The minimum absolute atomic E-state index is 0.256. The molecule has 27 heavy (non-hydrogen) atoms. The van der Waals surface area contributed by atoms with Crippen LogP contribution in [-0.2, 0) is 11.3 Å². The molecular weight excluding hydrogens is 362 g/mol. The van der Waals surface area contributed by atoms with E-state index in [1.165, 1.54) is 11.1 Å². The molecule has 3 aromatic rings. The van der Waals surface area contributed by atoms with E-state index in [0.29, 0.717) is 5.69 Å². The van der Waals surface area contributed by atoms with E-state index in [9.17, 15) is 14.4 Å². The Hall–Kier alpha value is -3.06. The second kappa shape index (κ2) is 8.09. The first-order valence-electron chi connectivity index (χ1n) is 8.36. The second-order valence-electron chi connectivity index (χ2n) is 6.15. The number of rotatable bonds is 5. The Bertz CT molecular complexity index is 1080. The highest BCUT2D eigenvalue weighted by Crippen LogP contribution is 2.29. The first-order chi connectivity index (χ1) is 12.9. The summed E-state index contributed by atoms with van der Waals surface area (Å²) < 4.78 is 0.974. The van der Waals surface area contributed by atoms with Crippen molar-refractivity contribution < 1.29 is 4.79 Å². The largest absolute Gasteiger partial charge is 0.324 e. The van der Waals surface area contributed by atoms with Crippen LogP contribution in [-0.4, -0.2) is 15.7 Å². The zero-order valence-corrected chi connectivity index (χ0v) is 15.8. The van der Waals surface area contributed by atoms with Crippen LogP contribution in [0.25, 0.3) is 0 Å². The molecule has 1 aromatic heterocycles. The molecule has 0 aliphatic rings. The topological polar surface area (TPSA) is 84.0 Å². The van der Waals surface area contributed by atoms with Crippen molar-refractivity contribution in [1.82, 2.24) is 9.78 Å². The third kappa shape index (κ3) is 4.98. The Morgan fingerprint density at radius 2 is 1.67 bits per heavy atom. The number of anilines is 1. The minimum atomic E-state index is -0.440. The van der Waals surface area contributed by atoms with Gasteiger partial charge in [-0.3, -0.25) is 19.5 Å². The number of amides is 1. The van der Waals surface area contributed by atoms with Crippen LogP contribution in [0.5, 0.6) is 0 Å². The van der Waals surface area contributed by atoms with Crippen molar-refractivity contribution >= 4 is 23.4 Å². The van der Waals surface area contributed by atoms with Gasteiger partial charge in [-0.15, -0.1) is 0 Å². The molecule has 6 nitrogen and oxygen atoms in total. The lowest BCUT2D eigenvalue weighted by atomic mass is 10.1. The molecule has 3 rings (SSSR count). The molecule has 0 spiro atoms. The summed E-state index contributed by atoms with van der Waals surface area (Å²) in [5, 5.41) is 5.04. The molecule has 0 bridgehead atoms. The van der Waals surface area contributed by atoms with Crippen LogP contribution in [0.15, 0.2) is 74.0 Å². The fraction of sp³-hybridized carbons (Fsp3) is 0.150. The molecule has 0 atom stereocenters. The summed E-state index contributed by atoms with van der Waals surface area (Å²) in [7, 11) is 0. The molecule has 0 aliphatic heterocycles. The maximum Gasteiger partial charge on any atom is 0.265 e. The molecule has 0 aliphatic carbocycles. The second-order valence-corrected chi connectivity index (χ2v) is 7.30. The quantitative estimate of drug-likeness (QED) is 0.712. The van der Waals surface area contributed by atoms with Crippen molar-refractivity contribution in [2.75, 3.05) is 5.32 Å². The molecule has 0 radical (unpaired) electrons. The highest BCUT2D eigenvalue weighted by Gasteiger charge is 2.06. The van der Waals surface area contributed by atoms with Crippen molar-refractivity contribution in [3.8, 4) is 0 Å². The molecule has 7 heteroatoms. The van der Waals surface area contributed by atoms with Crippen molar-refractivity contribution in [3.63, 3.8) is 0 Å². The van der Waals surface area contributed by atoms with E-state index in [1.54, 1.807) is 23.9 Å². The van der Waals surface area contributed by atoms with Gasteiger partial charge in [0.1, 0.15) is 6.54 Å². The predicted octanol–water partition coefficient (Wildman–Crippen LogP) is 2.94. The number of hydrogen-bond acceptors (Lipinski definition) is 4. The Kier molecular flexibility index (Phi) is 5.61. The number of H-pyrrole nitrogens is 1. The summed E-state index contributed by atoms with van der Waals surface area (Å²) in [6.45, 7) is 3.91. The Morgan fingerprint density at radius 1 is 0.963 bits per heavy atom. The lowest BCUT2D eigenvalue weighted by Crippen LogP contribution is -2.32. The highest BCUT2D eigenvalue weighted by atomic mass is 32.2. The van der Waals surface area contributed by atoms with Gasteiger partial charge in [0.25, 0.3) is 11.1 Å². The van der Waals surface area contributed by atoms with E-state index in [1.807, 2.05) is 12.1 Å². The predicted molar refractivity (Wildman–Crippen MR) is 106 cm³/mol. The van der Waals surface area contributed by atoms with Crippen molar-refractivity contribution in [2.45, 2.75) is 30.2 Å². The monoisotopic (exact) mass is 381 g/mol. The molecule has 1 amide bonds. The van der Waals surface area contributed by atoms with Gasteiger partial charge >= 0.3 is 0 Å². The van der Waals surface area contributed by atoms with Gasteiger partial charge in [-0.2, -0.15) is 0 Å². The van der Waals surface area contributed by atoms with E-state index < -0.39 is 17.0 Å². The fourth-order valence-corrected chi connectivity index (χ4v) is 3.36. The van der Waals surface area contributed by atoms with Gasteiger partial charge in [-0.1, -0.05) is 17.8 Å². The van der Waals surface area contributed by atoms with Crippen LogP contribution in [0.4, 0.5) is 5.69 Å². The zero-order chi connectivity index (χ0) is 19.4. The summed E-state index contributed by atoms with van der Waals surface area (Å²) in [4.78, 5) is 37.2. The summed E-state index contributed by atoms with van der Waals surface area (Å²) >= 11 is 1.65. The van der Waals surface area contributed by atoms with Crippen LogP contribution in [0.2, 0.25) is 0 Å². The smallest absolute Gasteiger partial charge is 0.265 e. The standard InChI is InChI=1S/C20H19N3O3S/c1-13-3-6-17(11-14(13)2)27-16-7-4-15(5-8-16)21-19(25)12-23-20(26)10-9-18(24)22-23/h3-11H,12H2,1-2H3,(H,21,25)(H,22,24). The summed E-state index contributed by atoms with van der Waals surface area (Å²) in [5.74, 6) is -0.395. The molecular formula is C20H19N3O3S. The molecule has 0 saturated carbocycles. The molecule has 138 valence electrons. The van der Waals surface area contributed by atoms with E-state index in [4.69, 9.17) is 0 Å². The average molecular weight is 381 g/mol. The van der Waals surface area contributed by atoms with Crippen molar-refractivity contribution in [2.24, 2.45) is 0 Å². The SMILES string of the molecule is Cc1ccc(Sc2ccc(NC(=O)Cn3[nH]c(=O)ccc3=O)cc2)cc1C. The van der Waals surface area contributed by atoms with Gasteiger partial charge in [0.15, 0.2) is 0 Å². The third-order valence-corrected chi connectivity index (χ3v) is 5.04. The molecule has 2 aromatic carbocycles. The Balaban J connectivity index is 1.64. The number of aromatic nitrogens is 2. The van der Waals surface area contributed by atoms with Crippen molar-refractivity contribution in [1.29, 1.82) is 0 Å².